The second kappa shape index (κ2) is 5.82. The molecule has 4 aliphatic rings. The molecule has 3 aliphatic carbocycles. The predicted molar refractivity (Wildman–Crippen MR) is 94.8 cm³/mol. The Kier molecular flexibility index (Phi) is 4.08. The van der Waals surface area contributed by atoms with Crippen LogP contribution >= 0.6 is 0 Å². The van der Waals surface area contributed by atoms with Crippen molar-refractivity contribution in [1.82, 2.24) is 0 Å². The molecule has 25 heavy (non-hydrogen) atoms. The first kappa shape index (κ1) is 17.5. The molecule has 0 aromatic heterocycles. The smallest absolute Gasteiger partial charge is 0.201 e. The Morgan fingerprint density at radius 1 is 1.16 bits per heavy atom. The molecule has 4 rings (SSSR count). The molecule has 0 aromatic rings. The van der Waals surface area contributed by atoms with E-state index < -0.39 is 0 Å². The molecule has 0 bridgehead atoms. The highest BCUT2D eigenvalue weighted by Gasteiger charge is 2.68. The van der Waals surface area contributed by atoms with Gasteiger partial charge in [-0.15, -0.1) is 0 Å². The first-order chi connectivity index (χ1) is 11.9. The third-order valence-electron chi connectivity index (χ3n) is 8.25. The topological polar surface area (TPSA) is 44.8 Å². The molecule has 0 aromatic carbocycles. The Morgan fingerprint density at radius 2 is 1.92 bits per heavy atom. The Morgan fingerprint density at radius 3 is 2.60 bits per heavy atom. The fourth-order valence-electron chi connectivity index (χ4n) is 7.04. The molecule has 7 atom stereocenters. The highest BCUT2D eigenvalue weighted by atomic mass is 16.7. The minimum absolute atomic E-state index is 0.00879. The maximum Gasteiger partial charge on any atom is 0.201 e. The van der Waals surface area contributed by atoms with Crippen LogP contribution in [0.25, 0.3) is 0 Å². The predicted octanol–water partition coefficient (Wildman–Crippen LogP) is 4.09. The summed E-state index contributed by atoms with van der Waals surface area (Å²) in [4.78, 5) is 13.6. The number of carbonyl (C=O) groups is 1. The van der Waals surface area contributed by atoms with Gasteiger partial charge >= 0.3 is 0 Å². The lowest BCUT2D eigenvalue weighted by atomic mass is 9.41. The molecule has 0 amide bonds. The summed E-state index contributed by atoms with van der Waals surface area (Å²) in [5.41, 5.74) is 1.01. The maximum atomic E-state index is 13.6. The van der Waals surface area contributed by atoms with E-state index >= 15 is 0 Å². The molecule has 0 N–H and O–H groups in total. The van der Waals surface area contributed by atoms with Gasteiger partial charge in [-0.3, -0.25) is 4.79 Å². The molecule has 1 heterocycles. The van der Waals surface area contributed by atoms with E-state index in [1.54, 1.807) is 14.2 Å². The third kappa shape index (κ3) is 2.16. The molecule has 1 aliphatic heterocycles. The van der Waals surface area contributed by atoms with Crippen molar-refractivity contribution in [2.24, 2.45) is 28.6 Å². The van der Waals surface area contributed by atoms with Crippen molar-refractivity contribution in [2.75, 3.05) is 14.2 Å². The van der Waals surface area contributed by atoms with Crippen LogP contribution in [0.4, 0.5) is 0 Å². The number of hydrogen-bond donors (Lipinski definition) is 0. The van der Waals surface area contributed by atoms with Crippen LogP contribution in [0.5, 0.6) is 0 Å². The maximum absolute atomic E-state index is 13.6. The van der Waals surface area contributed by atoms with Gasteiger partial charge in [-0.1, -0.05) is 26.7 Å². The van der Waals surface area contributed by atoms with Crippen molar-refractivity contribution in [3.05, 3.63) is 11.3 Å². The van der Waals surface area contributed by atoms with E-state index in [1.165, 1.54) is 19.3 Å². The lowest BCUT2D eigenvalue weighted by Crippen LogP contribution is -2.67. The Balaban J connectivity index is 1.89. The zero-order chi connectivity index (χ0) is 18.0. The van der Waals surface area contributed by atoms with Gasteiger partial charge in [0.25, 0.3) is 0 Å². The number of methoxy groups -OCH3 is 2. The van der Waals surface area contributed by atoms with Crippen molar-refractivity contribution in [2.45, 2.75) is 71.7 Å². The van der Waals surface area contributed by atoms with Gasteiger partial charge < -0.3 is 14.2 Å². The van der Waals surface area contributed by atoms with Crippen LogP contribution in [0.1, 0.15) is 59.3 Å². The minimum atomic E-state index is -0.182. The monoisotopic (exact) mass is 348 g/mol. The van der Waals surface area contributed by atoms with Crippen LogP contribution in [0.3, 0.4) is 0 Å². The largest absolute Gasteiger partial charge is 0.493 e. The highest BCUT2D eigenvalue weighted by Crippen LogP contribution is 2.67. The van der Waals surface area contributed by atoms with E-state index in [4.69, 9.17) is 14.2 Å². The highest BCUT2D eigenvalue weighted by molar-refractivity contribution is 5.98. The number of ketones is 1. The number of Topliss-reactive ketones (excluding diaryl/α,β-unsaturated/α-hetero) is 1. The number of hydrogen-bond acceptors (Lipinski definition) is 4. The first-order valence-electron chi connectivity index (χ1n) is 9.85. The van der Waals surface area contributed by atoms with Gasteiger partial charge in [-0.2, -0.15) is 0 Å². The van der Waals surface area contributed by atoms with Gasteiger partial charge in [-0.05, 0) is 49.0 Å². The summed E-state index contributed by atoms with van der Waals surface area (Å²) in [6.07, 6.45) is 6.64. The Hall–Kier alpha value is -0.870. The molecule has 4 heteroatoms. The summed E-state index contributed by atoms with van der Waals surface area (Å²) >= 11 is 0. The van der Waals surface area contributed by atoms with Gasteiger partial charge in [0.05, 0.1) is 13.2 Å². The molecule has 1 saturated heterocycles. The van der Waals surface area contributed by atoms with E-state index in [0.29, 0.717) is 11.7 Å². The van der Waals surface area contributed by atoms with E-state index in [2.05, 4.69) is 20.8 Å². The normalized spacial score (nSPS) is 49.5. The van der Waals surface area contributed by atoms with Gasteiger partial charge in [0.2, 0.25) is 5.78 Å². The quantitative estimate of drug-likeness (QED) is 0.754. The van der Waals surface area contributed by atoms with E-state index in [-0.39, 0.29) is 40.8 Å². The van der Waals surface area contributed by atoms with Crippen molar-refractivity contribution >= 4 is 5.78 Å². The number of allylic oxidation sites excluding steroid dienone is 2. The van der Waals surface area contributed by atoms with Crippen LogP contribution in [0.2, 0.25) is 0 Å². The fraction of sp³-hybridized carbons (Fsp3) is 0.857. The average molecular weight is 348 g/mol. The molecule has 4 nitrogen and oxygen atoms in total. The molecule has 3 fully saturated rings. The van der Waals surface area contributed by atoms with Crippen LogP contribution in [0.15, 0.2) is 11.3 Å². The summed E-state index contributed by atoms with van der Waals surface area (Å²) in [5, 5.41) is 0. The summed E-state index contributed by atoms with van der Waals surface area (Å²) in [6.45, 7) is 6.75. The molecular weight excluding hydrogens is 316 g/mol. The Labute approximate surface area is 151 Å². The molecule has 7 unspecified atom stereocenters. The first-order valence-corrected chi connectivity index (χ1v) is 9.85. The standard InChI is InChI=1S/C21H32O4/c1-12-14-11-16(23-4)25-15-10-13-8-6-7-9-20(13,2)19(21(14,15)3)17(22)18(12)24-5/h13-16,19H,6-11H2,1-5H3. The van der Waals surface area contributed by atoms with Crippen molar-refractivity contribution in [1.29, 1.82) is 0 Å². The van der Waals surface area contributed by atoms with Gasteiger partial charge in [0, 0.05) is 24.9 Å². The number of ether oxygens (including phenoxy) is 3. The van der Waals surface area contributed by atoms with E-state index in [9.17, 15) is 4.79 Å². The third-order valence-corrected chi connectivity index (χ3v) is 8.25. The van der Waals surface area contributed by atoms with E-state index in [1.807, 2.05) is 0 Å². The molecular formula is C21H32O4. The van der Waals surface area contributed by atoms with E-state index in [0.717, 1.165) is 24.8 Å². The number of carbonyl (C=O) groups excluding carboxylic acids is 1. The second-order valence-electron chi connectivity index (χ2n) is 9.14. The van der Waals surface area contributed by atoms with Crippen LogP contribution in [0, 0.1) is 28.6 Å². The van der Waals surface area contributed by atoms with Crippen molar-refractivity contribution in [3.63, 3.8) is 0 Å². The lowest BCUT2D eigenvalue weighted by molar-refractivity contribution is -0.282. The number of rotatable bonds is 2. The van der Waals surface area contributed by atoms with Gasteiger partial charge in [0.1, 0.15) is 0 Å². The average Bonchev–Trinajstić information content (AvgIpc) is 2.58. The molecule has 2 saturated carbocycles. The lowest BCUT2D eigenvalue weighted by Gasteiger charge is -2.65. The van der Waals surface area contributed by atoms with Crippen LogP contribution < -0.4 is 0 Å². The SMILES string of the molecule is COC1=C(C)C2CC(OC)OC3CC4CCCCC4(C)C(C1=O)C32C. The zero-order valence-electron chi connectivity index (χ0n) is 16.3. The molecule has 0 radical (unpaired) electrons. The summed E-state index contributed by atoms with van der Waals surface area (Å²) in [7, 11) is 3.37. The summed E-state index contributed by atoms with van der Waals surface area (Å²) in [6, 6.07) is 0. The molecule has 0 spiro atoms. The van der Waals surface area contributed by atoms with Gasteiger partial charge in [-0.25, -0.2) is 0 Å². The minimum Gasteiger partial charge on any atom is -0.493 e. The molecule has 140 valence electrons. The van der Waals surface area contributed by atoms with Crippen molar-refractivity contribution < 1.29 is 19.0 Å². The number of fused-ring (bicyclic) bond motifs is 2. The summed E-state index contributed by atoms with van der Waals surface area (Å²) < 4.78 is 17.7. The zero-order valence-corrected chi connectivity index (χ0v) is 16.3. The fourth-order valence-corrected chi connectivity index (χ4v) is 7.04. The van der Waals surface area contributed by atoms with Gasteiger partial charge in [0.15, 0.2) is 12.0 Å². The second-order valence-corrected chi connectivity index (χ2v) is 9.14. The van der Waals surface area contributed by atoms with Crippen LogP contribution in [-0.4, -0.2) is 32.4 Å². The van der Waals surface area contributed by atoms with Crippen LogP contribution in [-0.2, 0) is 19.0 Å². The van der Waals surface area contributed by atoms with Crippen molar-refractivity contribution in [3.8, 4) is 0 Å². The summed E-state index contributed by atoms with van der Waals surface area (Å²) in [5.74, 6) is 1.66. The Bertz CT molecular complexity index is 611.